The summed E-state index contributed by atoms with van der Waals surface area (Å²) in [4.78, 5) is 17.8. The van der Waals surface area contributed by atoms with Gasteiger partial charge in [0.1, 0.15) is 5.82 Å². The third-order valence-corrected chi connectivity index (χ3v) is 5.00. The number of hydrogen-bond donors (Lipinski definition) is 0. The highest BCUT2D eigenvalue weighted by atomic mass is 35.5. The van der Waals surface area contributed by atoms with Gasteiger partial charge in [0.2, 0.25) is 0 Å². The van der Waals surface area contributed by atoms with Crippen molar-refractivity contribution in [2.24, 2.45) is 0 Å². The van der Waals surface area contributed by atoms with Crippen LogP contribution in [-0.2, 0) is 6.54 Å². The van der Waals surface area contributed by atoms with E-state index in [0.29, 0.717) is 28.6 Å². The molecule has 142 valence electrons. The van der Waals surface area contributed by atoms with Gasteiger partial charge in [0.25, 0.3) is 0 Å². The zero-order chi connectivity index (χ0) is 20.0. The average molecular weight is 405 g/mol. The third kappa shape index (κ3) is 3.07. The van der Waals surface area contributed by atoms with Gasteiger partial charge in [-0.1, -0.05) is 48.0 Å². The fraction of sp³-hybridized carbons (Fsp3) is 0.0455. The molecular weight excluding hydrogens is 391 g/mol. The van der Waals surface area contributed by atoms with Crippen LogP contribution in [0.4, 0.5) is 4.39 Å². The van der Waals surface area contributed by atoms with Gasteiger partial charge in [-0.25, -0.2) is 14.2 Å². The Kier molecular flexibility index (Phi) is 4.14. The molecule has 0 saturated heterocycles. The number of nitrogens with zero attached hydrogens (tertiary/aromatic N) is 4. The van der Waals surface area contributed by atoms with Gasteiger partial charge in [0.15, 0.2) is 11.5 Å². The van der Waals surface area contributed by atoms with Crippen molar-refractivity contribution in [3.05, 3.63) is 99.7 Å². The van der Waals surface area contributed by atoms with E-state index in [2.05, 4.69) is 10.1 Å². The molecule has 0 amide bonds. The minimum Gasteiger partial charge on any atom is -0.287 e. The quantitative estimate of drug-likeness (QED) is 0.443. The van der Waals surface area contributed by atoms with Gasteiger partial charge >= 0.3 is 5.69 Å². The molecule has 0 N–H and O–H groups in total. The predicted octanol–water partition coefficient (Wildman–Crippen LogP) is 4.55. The maximum absolute atomic E-state index is 13.6. The molecule has 2 heterocycles. The Morgan fingerprint density at radius 1 is 0.966 bits per heavy atom. The van der Waals surface area contributed by atoms with Crippen LogP contribution in [0.25, 0.3) is 27.9 Å². The van der Waals surface area contributed by atoms with E-state index in [0.717, 1.165) is 16.5 Å². The fourth-order valence-electron chi connectivity index (χ4n) is 3.46. The Morgan fingerprint density at radius 2 is 1.79 bits per heavy atom. The van der Waals surface area contributed by atoms with Gasteiger partial charge in [-0.3, -0.25) is 4.57 Å². The summed E-state index contributed by atoms with van der Waals surface area (Å²) in [6.07, 6.45) is 0. The van der Waals surface area contributed by atoms with Gasteiger partial charge in [-0.05, 0) is 42.0 Å². The maximum Gasteiger partial charge on any atom is 0.351 e. The largest absolute Gasteiger partial charge is 0.351 e. The summed E-state index contributed by atoms with van der Waals surface area (Å²) >= 11 is 6.10. The molecule has 3 aromatic carbocycles. The van der Waals surface area contributed by atoms with Crippen LogP contribution >= 0.6 is 11.6 Å². The molecule has 29 heavy (non-hydrogen) atoms. The van der Waals surface area contributed by atoms with Crippen molar-refractivity contribution in [3.8, 4) is 11.4 Å². The fourth-order valence-corrected chi connectivity index (χ4v) is 3.67. The lowest BCUT2D eigenvalue weighted by Gasteiger charge is -2.11. The number of rotatable bonds is 3. The lowest BCUT2D eigenvalue weighted by atomic mass is 10.2. The second kappa shape index (κ2) is 6.83. The van der Waals surface area contributed by atoms with Crippen LogP contribution < -0.4 is 5.69 Å². The minimum atomic E-state index is -0.385. The van der Waals surface area contributed by atoms with Gasteiger partial charge in [-0.15, -0.1) is 5.10 Å². The van der Waals surface area contributed by atoms with E-state index >= 15 is 0 Å². The molecule has 2 aromatic heterocycles. The van der Waals surface area contributed by atoms with Crippen molar-refractivity contribution in [1.29, 1.82) is 0 Å². The van der Waals surface area contributed by atoms with Crippen LogP contribution in [0, 0.1) is 5.82 Å². The van der Waals surface area contributed by atoms with Crippen molar-refractivity contribution < 1.29 is 4.39 Å². The summed E-state index contributed by atoms with van der Waals surface area (Å²) < 4.78 is 16.5. The molecule has 0 fully saturated rings. The van der Waals surface area contributed by atoms with Crippen molar-refractivity contribution in [3.63, 3.8) is 0 Å². The molecular formula is C22H14ClFN4O. The number of para-hydroxylation sites is 1. The number of aromatic nitrogens is 4. The van der Waals surface area contributed by atoms with Crippen LogP contribution in [0.5, 0.6) is 0 Å². The zero-order valence-corrected chi connectivity index (χ0v) is 15.8. The van der Waals surface area contributed by atoms with E-state index in [9.17, 15) is 9.18 Å². The summed E-state index contributed by atoms with van der Waals surface area (Å²) in [6.45, 7) is 0.338. The van der Waals surface area contributed by atoms with E-state index in [1.165, 1.54) is 16.6 Å². The van der Waals surface area contributed by atoms with Gasteiger partial charge in [0, 0.05) is 16.0 Å². The molecule has 5 aromatic rings. The zero-order valence-electron chi connectivity index (χ0n) is 15.1. The molecule has 0 aliphatic heterocycles. The maximum atomic E-state index is 13.6. The van der Waals surface area contributed by atoms with Crippen molar-refractivity contribution >= 4 is 28.2 Å². The van der Waals surface area contributed by atoms with E-state index in [1.807, 2.05) is 42.5 Å². The van der Waals surface area contributed by atoms with E-state index in [-0.39, 0.29) is 11.5 Å². The normalized spacial score (nSPS) is 11.4. The van der Waals surface area contributed by atoms with Crippen molar-refractivity contribution in [2.75, 3.05) is 0 Å². The molecule has 7 heteroatoms. The molecule has 0 spiro atoms. The Morgan fingerprint density at radius 3 is 2.62 bits per heavy atom. The lowest BCUT2D eigenvalue weighted by molar-refractivity contribution is 0.628. The van der Waals surface area contributed by atoms with Gasteiger partial charge in [-0.2, -0.15) is 4.52 Å². The first-order valence-corrected chi connectivity index (χ1v) is 9.37. The van der Waals surface area contributed by atoms with Gasteiger partial charge in [0.05, 0.1) is 12.1 Å². The second-order valence-corrected chi connectivity index (χ2v) is 7.13. The first-order chi connectivity index (χ1) is 14.1. The topological polar surface area (TPSA) is 52.2 Å². The summed E-state index contributed by atoms with van der Waals surface area (Å²) in [6, 6.07) is 20.9. The van der Waals surface area contributed by atoms with Crippen molar-refractivity contribution in [2.45, 2.75) is 6.54 Å². The molecule has 0 aliphatic carbocycles. The Labute approximate surface area is 169 Å². The molecule has 5 nitrogen and oxygen atoms in total. The van der Waals surface area contributed by atoms with E-state index < -0.39 is 0 Å². The number of fused-ring (bicyclic) bond motifs is 3. The van der Waals surface area contributed by atoms with E-state index in [4.69, 9.17) is 11.6 Å². The van der Waals surface area contributed by atoms with Crippen LogP contribution in [-0.4, -0.2) is 19.2 Å². The molecule has 5 rings (SSSR count). The SMILES string of the molecule is O=c1n(Cc2cccc(Cl)c2)c2ccccc2c2nc(-c3cccc(F)c3)nn12. The Hall–Kier alpha value is -3.51. The van der Waals surface area contributed by atoms with Crippen LogP contribution in [0.2, 0.25) is 5.02 Å². The third-order valence-electron chi connectivity index (χ3n) is 4.77. The first-order valence-electron chi connectivity index (χ1n) is 8.99. The molecule has 0 radical (unpaired) electrons. The lowest BCUT2D eigenvalue weighted by Crippen LogP contribution is -2.28. The Bertz CT molecular complexity index is 1440. The smallest absolute Gasteiger partial charge is 0.287 e. The van der Waals surface area contributed by atoms with Gasteiger partial charge < -0.3 is 0 Å². The summed E-state index contributed by atoms with van der Waals surface area (Å²) in [5, 5.41) is 5.76. The number of benzene rings is 3. The van der Waals surface area contributed by atoms with E-state index in [1.54, 1.807) is 22.8 Å². The molecule has 0 bridgehead atoms. The predicted molar refractivity (Wildman–Crippen MR) is 111 cm³/mol. The monoisotopic (exact) mass is 404 g/mol. The number of halogens is 2. The molecule has 0 saturated carbocycles. The minimum absolute atomic E-state index is 0.298. The average Bonchev–Trinajstić information content (AvgIpc) is 3.17. The highest BCUT2D eigenvalue weighted by molar-refractivity contribution is 6.30. The molecule has 0 atom stereocenters. The van der Waals surface area contributed by atoms with Crippen LogP contribution in [0.3, 0.4) is 0 Å². The molecule has 0 unspecified atom stereocenters. The highest BCUT2D eigenvalue weighted by Crippen LogP contribution is 2.22. The summed E-state index contributed by atoms with van der Waals surface area (Å²) in [7, 11) is 0. The molecule has 0 aliphatic rings. The summed E-state index contributed by atoms with van der Waals surface area (Å²) in [5.41, 5.74) is 2.26. The summed E-state index contributed by atoms with van der Waals surface area (Å²) in [5.74, 6) is -0.0863. The Balaban J connectivity index is 1.77. The second-order valence-electron chi connectivity index (χ2n) is 6.70. The van der Waals surface area contributed by atoms with Crippen molar-refractivity contribution in [1.82, 2.24) is 19.2 Å². The van der Waals surface area contributed by atoms with Crippen LogP contribution in [0.1, 0.15) is 5.56 Å². The first kappa shape index (κ1) is 17.6. The highest BCUT2D eigenvalue weighted by Gasteiger charge is 2.16. The standard InChI is InChI=1S/C22H14ClFN4O/c23-16-7-3-5-14(11-16)13-27-19-10-2-1-9-18(19)21-25-20(26-28(21)22(27)29)15-6-4-8-17(24)12-15/h1-12H,13H2. The number of hydrogen-bond acceptors (Lipinski definition) is 3. The van der Waals surface area contributed by atoms with Crippen LogP contribution in [0.15, 0.2) is 77.6 Å².